The third-order valence-electron chi connectivity index (χ3n) is 7.87. The summed E-state index contributed by atoms with van der Waals surface area (Å²) in [5.41, 5.74) is 0. The van der Waals surface area contributed by atoms with Crippen molar-refractivity contribution >= 4 is 11.9 Å². The van der Waals surface area contributed by atoms with Crippen molar-refractivity contribution in [2.24, 2.45) is 35.5 Å². The van der Waals surface area contributed by atoms with Crippen molar-refractivity contribution in [1.29, 1.82) is 0 Å². The Labute approximate surface area is 237 Å². The van der Waals surface area contributed by atoms with E-state index in [4.69, 9.17) is 9.47 Å². The maximum Gasteiger partial charge on any atom is 0.309 e. The van der Waals surface area contributed by atoms with Crippen molar-refractivity contribution in [3.63, 3.8) is 0 Å². The van der Waals surface area contributed by atoms with Crippen molar-refractivity contribution < 1.29 is 19.1 Å². The third-order valence-corrected chi connectivity index (χ3v) is 7.87. The van der Waals surface area contributed by atoms with Gasteiger partial charge in [-0.3, -0.25) is 9.59 Å². The lowest BCUT2D eigenvalue weighted by molar-refractivity contribution is -0.154. The van der Waals surface area contributed by atoms with Gasteiger partial charge in [-0.2, -0.15) is 0 Å². The van der Waals surface area contributed by atoms with Crippen molar-refractivity contribution in [2.75, 3.05) is 13.2 Å². The first-order chi connectivity index (χ1) is 18.1. The molecule has 2 unspecified atom stereocenters. The smallest absolute Gasteiger partial charge is 0.309 e. The van der Waals surface area contributed by atoms with Crippen LogP contribution in [-0.4, -0.2) is 25.2 Å². The van der Waals surface area contributed by atoms with E-state index in [1.807, 2.05) is 0 Å². The molecule has 0 amide bonds. The molecular formula is C34H66O4. The zero-order chi connectivity index (χ0) is 28.8. The molecular weight excluding hydrogens is 472 g/mol. The molecule has 0 saturated heterocycles. The molecule has 38 heavy (non-hydrogen) atoms. The third kappa shape index (κ3) is 20.8. The minimum atomic E-state index is -0.0234. The van der Waals surface area contributed by atoms with Crippen LogP contribution in [0.3, 0.4) is 0 Å². The lowest BCUT2D eigenvalue weighted by atomic mass is 9.74. The first-order valence-corrected chi connectivity index (χ1v) is 16.4. The van der Waals surface area contributed by atoms with Gasteiger partial charge in [0.15, 0.2) is 0 Å². The number of hydrogen-bond acceptors (Lipinski definition) is 4. The second-order valence-electron chi connectivity index (χ2n) is 13.2. The molecule has 4 heteroatoms. The largest absolute Gasteiger partial charge is 0.466 e. The average Bonchev–Trinajstić information content (AvgIpc) is 2.82. The summed E-state index contributed by atoms with van der Waals surface area (Å²) in [6.45, 7) is 18.7. The Kier molecular flexibility index (Phi) is 23.1. The predicted molar refractivity (Wildman–Crippen MR) is 162 cm³/mol. The molecule has 0 N–H and O–H groups in total. The van der Waals surface area contributed by atoms with Gasteiger partial charge in [-0.1, -0.05) is 126 Å². The topological polar surface area (TPSA) is 52.6 Å². The Morgan fingerprint density at radius 3 is 1.34 bits per heavy atom. The fourth-order valence-electron chi connectivity index (χ4n) is 5.26. The van der Waals surface area contributed by atoms with Crippen molar-refractivity contribution in [2.45, 2.75) is 158 Å². The number of rotatable bonds is 25. The molecule has 0 heterocycles. The Balaban J connectivity index is 3.84. The van der Waals surface area contributed by atoms with Crippen LogP contribution in [-0.2, 0) is 19.1 Å². The van der Waals surface area contributed by atoms with E-state index in [1.165, 1.54) is 64.2 Å². The molecule has 0 rings (SSSR count). The zero-order valence-corrected chi connectivity index (χ0v) is 26.8. The van der Waals surface area contributed by atoms with E-state index in [2.05, 4.69) is 55.4 Å². The van der Waals surface area contributed by atoms with Gasteiger partial charge >= 0.3 is 11.9 Å². The highest BCUT2D eigenvalue weighted by Crippen LogP contribution is 2.33. The quantitative estimate of drug-likeness (QED) is 0.0857. The summed E-state index contributed by atoms with van der Waals surface area (Å²) >= 11 is 0. The van der Waals surface area contributed by atoms with Crippen LogP contribution in [0, 0.1) is 35.5 Å². The summed E-state index contributed by atoms with van der Waals surface area (Å²) in [6, 6.07) is 0. The van der Waals surface area contributed by atoms with E-state index >= 15 is 0 Å². The Morgan fingerprint density at radius 1 is 0.500 bits per heavy atom. The highest BCUT2D eigenvalue weighted by atomic mass is 16.5. The number of hydrogen-bond donors (Lipinski definition) is 0. The van der Waals surface area contributed by atoms with Crippen molar-refractivity contribution in [3.8, 4) is 0 Å². The molecule has 4 nitrogen and oxygen atoms in total. The van der Waals surface area contributed by atoms with Gasteiger partial charge in [0.05, 0.1) is 19.1 Å². The van der Waals surface area contributed by atoms with Gasteiger partial charge in [0.2, 0.25) is 0 Å². The van der Waals surface area contributed by atoms with Gasteiger partial charge in [0.1, 0.15) is 0 Å². The summed E-state index contributed by atoms with van der Waals surface area (Å²) in [7, 11) is 0. The molecule has 0 fully saturated rings. The van der Waals surface area contributed by atoms with Crippen LogP contribution in [0.2, 0.25) is 0 Å². The molecule has 0 aliphatic heterocycles. The van der Waals surface area contributed by atoms with E-state index in [0.717, 1.165) is 32.1 Å². The molecule has 0 bridgehead atoms. The average molecular weight is 539 g/mol. The van der Waals surface area contributed by atoms with E-state index < -0.39 is 0 Å². The first-order valence-electron chi connectivity index (χ1n) is 16.4. The molecule has 0 aliphatic carbocycles. The Hall–Kier alpha value is -1.06. The number of ether oxygens (including phenoxy) is 2. The molecule has 0 radical (unpaired) electrons. The van der Waals surface area contributed by atoms with Crippen LogP contribution >= 0.6 is 0 Å². The lowest BCUT2D eigenvalue weighted by Gasteiger charge is -2.31. The highest BCUT2D eigenvalue weighted by molar-refractivity contribution is 5.73. The van der Waals surface area contributed by atoms with Gasteiger partial charge in [0, 0.05) is 6.42 Å². The summed E-state index contributed by atoms with van der Waals surface area (Å²) in [6.07, 6.45) is 18.7. The predicted octanol–water partition coefficient (Wildman–Crippen LogP) is 10.2. The molecule has 0 aromatic heterocycles. The maximum atomic E-state index is 12.9. The van der Waals surface area contributed by atoms with Crippen molar-refractivity contribution in [1.82, 2.24) is 0 Å². The van der Waals surface area contributed by atoms with Gasteiger partial charge in [-0.15, -0.1) is 0 Å². The number of carbonyl (C=O) groups excluding carboxylic acids is 2. The molecule has 2 atom stereocenters. The zero-order valence-electron chi connectivity index (χ0n) is 26.8. The van der Waals surface area contributed by atoms with Gasteiger partial charge in [-0.05, 0) is 55.3 Å². The minimum Gasteiger partial charge on any atom is -0.466 e. The van der Waals surface area contributed by atoms with E-state index in [0.29, 0.717) is 49.2 Å². The Morgan fingerprint density at radius 2 is 0.921 bits per heavy atom. The fraction of sp³-hybridized carbons (Fsp3) is 0.941. The molecule has 0 spiro atoms. The second-order valence-corrected chi connectivity index (χ2v) is 13.2. The number of carbonyl (C=O) groups is 2. The van der Waals surface area contributed by atoms with Crippen LogP contribution < -0.4 is 0 Å². The highest BCUT2D eigenvalue weighted by Gasteiger charge is 2.33. The van der Waals surface area contributed by atoms with Crippen LogP contribution in [0.25, 0.3) is 0 Å². The normalized spacial score (nSPS) is 13.5. The van der Waals surface area contributed by atoms with E-state index in [1.54, 1.807) is 0 Å². The summed E-state index contributed by atoms with van der Waals surface area (Å²) in [5, 5.41) is 0. The molecule has 0 aromatic carbocycles. The summed E-state index contributed by atoms with van der Waals surface area (Å²) in [5.74, 6) is 2.42. The molecule has 0 saturated carbocycles. The van der Waals surface area contributed by atoms with Crippen LogP contribution in [0.15, 0.2) is 0 Å². The second kappa shape index (κ2) is 23.8. The van der Waals surface area contributed by atoms with Crippen LogP contribution in [0.4, 0.5) is 0 Å². The van der Waals surface area contributed by atoms with Crippen LogP contribution in [0.1, 0.15) is 158 Å². The maximum absolute atomic E-state index is 12.9. The number of esters is 2. The van der Waals surface area contributed by atoms with Crippen molar-refractivity contribution in [3.05, 3.63) is 0 Å². The first kappa shape index (κ1) is 36.9. The Bertz CT molecular complexity index is 567. The minimum absolute atomic E-state index is 0.0192. The van der Waals surface area contributed by atoms with E-state index in [9.17, 15) is 9.59 Å². The number of unbranched alkanes of at least 4 members (excludes halogenated alkanes) is 11. The standard InChI is InChI=1S/C34H66O4/c1-27(2)23-25-37-32(35)22-20-18-16-14-12-10-9-11-13-15-17-19-21-31(29(5)6)33(30(7)8)34(36)38-26-24-28(3)4/h27-31,33H,9-26H2,1-8H3. The van der Waals surface area contributed by atoms with Gasteiger partial charge < -0.3 is 9.47 Å². The van der Waals surface area contributed by atoms with E-state index in [-0.39, 0.29) is 17.9 Å². The summed E-state index contributed by atoms with van der Waals surface area (Å²) < 4.78 is 11.0. The van der Waals surface area contributed by atoms with Gasteiger partial charge in [-0.25, -0.2) is 0 Å². The summed E-state index contributed by atoms with van der Waals surface area (Å²) in [4.78, 5) is 24.6. The molecule has 0 aromatic rings. The monoisotopic (exact) mass is 538 g/mol. The SMILES string of the molecule is CC(C)CCOC(=O)CCCCCCCCCCCCCCC(C(C)C)C(C(=O)OCCC(C)C)C(C)C. The lowest BCUT2D eigenvalue weighted by Crippen LogP contribution is -2.33. The molecule has 226 valence electrons. The fourth-order valence-corrected chi connectivity index (χ4v) is 5.26. The van der Waals surface area contributed by atoms with Crippen LogP contribution in [0.5, 0.6) is 0 Å². The molecule has 0 aliphatic rings. The van der Waals surface area contributed by atoms with Gasteiger partial charge in [0.25, 0.3) is 0 Å².